The first kappa shape index (κ1) is 19.0. The molecule has 2 N–H and O–H groups in total. The van der Waals surface area contributed by atoms with Crippen molar-refractivity contribution in [3.8, 4) is 0 Å². The molecule has 2 aliphatic rings. The van der Waals surface area contributed by atoms with Crippen molar-refractivity contribution in [2.24, 2.45) is 11.7 Å². The number of hydrogen-bond acceptors (Lipinski definition) is 4. The van der Waals surface area contributed by atoms with Crippen LogP contribution in [0.2, 0.25) is 0 Å². The van der Waals surface area contributed by atoms with E-state index in [1.54, 1.807) is 4.90 Å². The molecule has 2 aromatic carbocycles. The highest BCUT2D eigenvalue weighted by atomic mass is 16.2. The Labute approximate surface area is 169 Å². The maximum absolute atomic E-state index is 12.7. The van der Waals surface area contributed by atoms with Crippen molar-refractivity contribution < 1.29 is 14.4 Å². The zero-order valence-corrected chi connectivity index (χ0v) is 16.2. The van der Waals surface area contributed by atoms with E-state index < -0.39 is 11.8 Å². The van der Waals surface area contributed by atoms with E-state index in [0.29, 0.717) is 38.3 Å². The zero-order chi connectivity index (χ0) is 20.4. The Balaban J connectivity index is 1.48. The highest BCUT2D eigenvalue weighted by Gasteiger charge is 2.35. The van der Waals surface area contributed by atoms with Gasteiger partial charge in [-0.25, -0.2) is 0 Å². The van der Waals surface area contributed by atoms with Crippen molar-refractivity contribution >= 4 is 29.1 Å². The molecule has 0 saturated carbocycles. The normalized spacial score (nSPS) is 19.5. The van der Waals surface area contributed by atoms with Crippen LogP contribution < -0.4 is 15.5 Å². The Morgan fingerprint density at radius 2 is 1.48 bits per heavy atom. The van der Waals surface area contributed by atoms with E-state index in [1.165, 1.54) is 0 Å². The summed E-state index contributed by atoms with van der Waals surface area (Å²) in [6.07, 6.45) is 0.156. The second-order valence-corrected chi connectivity index (χ2v) is 7.44. The van der Waals surface area contributed by atoms with Crippen LogP contribution >= 0.6 is 0 Å². The topological polar surface area (TPSA) is 86.9 Å². The van der Waals surface area contributed by atoms with Crippen molar-refractivity contribution in [1.82, 2.24) is 4.90 Å². The van der Waals surface area contributed by atoms with Gasteiger partial charge in [0.25, 0.3) is 5.91 Å². The summed E-state index contributed by atoms with van der Waals surface area (Å²) in [4.78, 5) is 42.4. The predicted octanol–water partition coefficient (Wildman–Crippen LogP) is 1.49. The second-order valence-electron chi connectivity index (χ2n) is 7.44. The number of anilines is 2. The quantitative estimate of drug-likeness (QED) is 0.854. The highest BCUT2D eigenvalue weighted by Crippen LogP contribution is 2.34. The number of piperazine rings is 1. The first-order valence-electron chi connectivity index (χ1n) is 9.82. The number of carbonyl (C=O) groups is 3. The number of rotatable bonds is 4. The first-order valence-corrected chi connectivity index (χ1v) is 9.82. The molecular formula is C22H24N4O3. The summed E-state index contributed by atoms with van der Waals surface area (Å²) in [5.41, 5.74) is 7.84. The van der Waals surface area contributed by atoms with Crippen LogP contribution in [0.25, 0.3) is 0 Å². The van der Waals surface area contributed by atoms with Gasteiger partial charge in [-0.1, -0.05) is 30.3 Å². The maximum Gasteiger partial charge on any atom is 0.253 e. The summed E-state index contributed by atoms with van der Waals surface area (Å²) in [5, 5.41) is 0. The molecule has 0 spiro atoms. The number of primary amides is 1. The monoisotopic (exact) mass is 392 g/mol. The molecule has 4 rings (SSSR count). The largest absolute Gasteiger partial charge is 0.369 e. The fourth-order valence-corrected chi connectivity index (χ4v) is 4.00. The van der Waals surface area contributed by atoms with Crippen LogP contribution in [0.1, 0.15) is 16.8 Å². The van der Waals surface area contributed by atoms with E-state index >= 15 is 0 Å². The van der Waals surface area contributed by atoms with Crippen molar-refractivity contribution in [3.63, 3.8) is 0 Å². The van der Waals surface area contributed by atoms with E-state index in [2.05, 4.69) is 4.90 Å². The average molecular weight is 392 g/mol. The Morgan fingerprint density at radius 1 is 0.862 bits per heavy atom. The minimum Gasteiger partial charge on any atom is -0.369 e. The van der Waals surface area contributed by atoms with Crippen LogP contribution in [-0.4, -0.2) is 55.3 Å². The molecule has 0 aromatic heterocycles. The average Bonchev–Trinajstić information content (AvgIpc) is 3.16. The molecule has 2 saturated heterocycles. The lowest BCUT2D eigenvalue weighted by atomic mass is 10.1. The number of amides is 3. The number of benzene rings is 2. The van der Waals surface area contributed by atoms with Crippen LogP contribution in [0.15, 0.2) is 54.6 Å². The summed E-state index contributed by atoms with van der Waals surface area (Å²) >= 11 is 0. The molecule has 3 amide bonds. The third-order valence-electron chi connectivity index (χ3n) is 5.63. The second kappa shape index (κ2) is 7.95. The van der Waals surface area contributed by atoms with E-state index in [1.807, 2.05) is 59.5 Å². The van der Waals surface area contributed by atoms with Gasteiger partial charge < -0.3 is 20.4 Å². The van der Waals surface area contributed by atoms with E-state index in [-0.39, 0.29) is 18.2 Å². The van der Waals surface area contributed by atoms with Gasteiger partial charge in [0.15, 0.2) is 0 Å². The van der Waals surface area contributed by atoms with E-state index in [9.17, 15) is 14.4 Å². The molecule has 150 valence electrons. The van der Waals surface area contributed by atoms with E-state index in [4.69, 9.17) is 5.73 Å². The van der Waals surface area contributed by atoms with Gasteiger partial charge in [-0.2, -0.15) is 0 Å². The molecule has 1 atom stereocenters. The van der Waals surface area contributed by atoms with Gasteiger partial charge in [0, 0.05) is 44.7 Å². The number of nitrogens with zero attached hydrogens (tertiary/aromatic N) is 3. The molecule has 0 radical (unpaired) electrons. The minimum atomic E-state index is -0.448. The lowest BCUT2D eigenvalue weighted by Crippen LogP contribution is -2.49. The van der Waals surface area contributed by atoms with Gasteiger partial charge in [0.2, 0.25) is 11.8 Å². The number of carbonyl (C=O) groups excluding carboxylic acids is 3. The zero-order valence-electron chi connectivity index (χ0n) is 16.2. The summed E-state index contributed by atoms with van der Waals surface area (Å²) in [5.74, 6) is -0.932. The van der Waals surface area contributed by atoms with Crippen molar-refractivity contribution in [1.29, 1.82) is 0 Å². The maximum atomic E-state index is 12.7. The minimum absolute atomic E-state index is 0.0394. The van der Waals surface area contributed by atoms with Gasteiger partial charge in [-0.05, 0) is 24.3 Å². The molecule has 29 heavy (non-hydrogen) atoms. The molecule has 2 fully saturated rings. The predicted molar refractivity (Wildman–Crippen MR) is 111 cm³/mol. The summed E-state index contributed by atoms with van der Waals surface area (Å²) in [7, 11) is 0. The molecule has 0 aliphatic carbocycles. The van der Waals surface area contributed by atoms with Gasteiger partial charge in [0.05, 0.1) is 17.3 Å². The molecule has 7 nitrogen and oxygen atoms in total. The van der Waals surface area contributed by atoms with Crippen LogP contribution in [0, 0.1) is 5.92 Å². The van der Waals surface area contributed by atoms with Gasteiger partial charge in [0.1, 0.15) is 0 Å². The lowest BCUT2D eigenvalue weighted by molar-refractivity contribution is -0.123. The van der Waals surface area contributed by atoms with E-state index in [0.717, 1.165) is 11.4 Å². The van der Waals surface area contributed by atoms with Crippen LogP contribution in [0.3, 0.4) is 0 Å². The van der Waals surface area contributed by atoms with Crippen LogP contribution in [0.4, 0.5) is 11.4 Å². The van der Waals surface area contributed by atoms with Crippen LogP contribution in [-0.2, 0) is 9.59 Å². The van der Waals surface area contributed by atoms with Crippen molar-refractivity contribution in [2.75, 3.05) is 42.5 Å². The Morgan fingerprint density at radius 3 is 2.10 bits per heavy atom. The highest BCUT2D eigenvalue weighted by molar-refractivity contribution is 6.02. The molecule has 2 aromatic rings. The summed E-state index contributed by atoms with van der Waals surface area (Å²) in [6.45, 7) is 2.89. The molecular weight excluding hydrogens is 368 g/mol. The van der Waals surface area contributed by atoms with Gasteiger partial charge >= 0.3 is 0 Å². The lowest BCUT2D eigenvalue weighted by Gasteiger charge is -2.37. The fraction of sp³-hybridized carbons (Fsp3) is 0.318. The van der Waals surface area contributed by atoms with Crippen molar-refractivity contribution in [3.05, 3.63) is 60.2 Å². The summed E-state index contributed by atoms with van der Waals surface area (Å²) < 4.78 is 0. The molecule has 2 heterocycles. The Hall–Kier alpha value is -3.35. The standard InChI is InChI=1S/C22H24N4O3/c23-21(28)17-14-20(27)26(15-17)19-9-5-4-8-18(19)24-10-12-25(13-11-24)22(29)16-6-2-1-3-7-16/h1-9,17H,10-15H2,(H2,23,28)/t17-/m0/s1. The van der Waals surface area contributed by atoms with Gasteiger partial charge in [-0.3, -0.25) is 14.4 Å². The fourth-order valence-electron chi connectivity index (χ4n) is 4.00. The number of nitrogens with two attached hydrogens (primary N) is 1. The van der Waals surface area contributed by atoms with Crippen LogP contribution in [0.5, 0.6) is 0 Å². The Kier molecular flexibility index (Phi) is 5.20. The smallest absolute Gasteiger partial charge is 0.253 e. The summed E-state index contributed by atoms with van der Waals surface area (Å²) in [6, 6.07) is 17.0. The molecule has 2 aliphatic heterocycles. The first-order chi connectivity index (χ1) is 14.0. The van der Waals surface area contributed by atoms with Crippen molar-refractivity contribution in [2.45, 2.75) is 6.42 Å². The number of para-hydroxylation sites is 2. The van der Waals surface area contributed by atoms with Gasteiger partial charge in [-0.15, -0.1) is 0 Å². The number of hydrogen-bond donors (Lipinski definition) is 1. The molecule has 7 heteroatoms. The SMILES string of the molecule is NC(=O)[C@H]1CC(=O)N(c2ccccc2N2CCN(C(=O)c3ccccc3)CC2)C1. The molecule has 0 bridgehead atoms. The Bertz CT molecular complexity index is 923. The third-order valence-corrected chi connectivity index (χ3v) is 5.63. The molecule has 0 unspecified atom stereocenters. The third kappa shape index (κ3) is 3.81.